The maximum Gasteiger partial charge on any atom is 0.143 e. The number of hydrogen-bond acceptors (Lipinski definition) is 4. The molecule has 0 saturated carbocycles. The standard InChI is InChI=1S/C72H40N2O4/c1-7-21-67-49(11-1)53-17-9-15-47(71(53)77-67)43-25-31-63-57(37-43)55-35-41(23-29-61(55)73(63)45-27-33-69-59(39-45)51-13-3-5-19-65(51)75-69)42-24-30-62-56(36-42)58-38-44(48-16-10-18-54-50-12-2-8-22-68(50)78-72(48)54)26-32-64(58)74(62)46-28-34-70-60(40-46)52-14-4-6-20-66(52)76-70/h1-40H. The molecule has 78 heavy (non-hydrogen) atoms. The Morgan fingerprint density at radius 3 is 0.936 bits per heavy atom. The summed E-state index contributed by atoms with van der Waals surface area (Å²) in [7, 11) is 0. The van der Waals surface area contributed by atoms with Gasteiger partial charge in [-0.25, -0.2) is 0 Å². The molecule has 6 heteroatoms. The third-order valence-corrected chi connectivity index (χ3v) is 16.5. The molecule has 12 aromatic carbocycles. The molecule has 6 nitrogen and oxygen atoms in total. The summed E-state index contributed by atoms with van der Waals surface area (Å²) in [6.07, 6.45) is 0. The third-order valence-electron chi connectivity index (χ3n) is 16.5. The average molecular weight is 997 g/mol. The van der Waals surface area contributed by atoms with Crippen molar-refractivity contribution in [3.63, 3.8) is 0 Å². The molecule has 0 spiro atoms. The lowest BCUT2D eigenvalue weighted by molar-refractivity contribution is 0.668. The van der Waals surface area contributed by atoms with E-state index in [2.05, 4.69) is 215 Å². The van der Waals surface area contributed by atoms with Crippen molar-refractivity contribution < 1.29 is 17.7 Å². The van der Waals surface area contributed by atoms with Crippen molar-refractivity contribution in [3.8, 4) is 44.8 Å². The fourth-order valence-corrected chi connectivity index (χ4v) is 13.0. The van der Waals surface area contributed by atoms with Gasteiger partial charge >= 0.3 is 0 Å². The molecule has 0 N–H and O–H groups in total. The van der Waals surface area contributed by atoms with Gasteiger partial charge in [0.15, 0.2) is 0 Å². The molecule has 0 fully saturated rings. The van der Waals surface area contributed by atoms with Gasteiger partial charge < -0.3 is 26.8 Å². The van der Waals surface area contributed by atoms with E-state index < -0.39 is 0 Å². The number of para-hydroxylation sites is 6. The van der Waals surface area contributed by atoms with Crippen LogP contribution >= 0.6 is 0 Å². The Labute approximate surface area is 443 Å². The summed E-state index contributed by atoms with van der Waals surface area (Å²) >= 11 is 0. The van der Waals surface area contributed by atoms with E-state index in [0.717, 1.165) is 176 Å². The van der Waals surface area contributed by atoms with Crippen molar-refractivity contribution in [1.29, 1.82) is 0 Å². The Bertz CT molecular complexity index is 5250. The van der Waals surface area contributed by atoms with Crippen molar-refractivity contribution in [2.75, 3.05) is 0 Å². The highest BCUT2D eigenvalue weighted by atomic mass is 16.3. The van der Waals surface area contributed by atoms with Crippen LogP contribution in [0.1, 0.15) is 0 Å². The number of furan rings is 4. The Morgan fingerprint density at radius 2 is 0.526 bits per heavy atom. The highest BCUT2D eigenvalue weighted by molar-refractivity contribution is 6.17. The van der Waals surface area contributed by atoms with Crippen LogP contribution in [0.4, 0.5) is 0 Å². The second-order valence-corrected chi connectivity index (χ2v) is 20.7. The van der Waals surface area contributed by atoms with E-state index in [1.54, 1.807) is 0 Å². The van der Waals surface area contributed by atoms with Gasteiger partial charge in [0.2, 0.25) is 0 Å². The SMILES string of the molecule is c1ccc2c(c1)oc1ccc(-n3c4ccc(-c5ccc6c(c5)c5cc(-c7cccc8c7oc7ccccc78)ccc5n6-c5ccc6oc7ccccc7c6c5)cc4c4cc(-c5cccc6c5oc5ccccc56)ccc43)cc12. The summed E-state index contributed by atoms with van der Waals surface area (Å²) in [5.41, 5.74) is 20.2. The lowest BCUT2D eigenvalue weighted by atomic mass is 9.97. The van der Waals surface area contributed by atoms with Gasteiger partial charge in [-0.05, 0) is 131 Å². The molecule has 0 bridgehead atoms. The molecule has 18 aromatic rings. The normalized spacial score (nSPS) is 12.4. The van der Waals surface area contributed by atoms with Crippen molar-refractivity contribution in [2.45, 2.75) is 0 Å². The van der Waals surface area contributed by atoms with Crippen molar-refractivity contribution in [2.24, 2.45) is 0 Å². The molecule has 0 aliphatic rings. The number of fused-ring (bicyclic) bond motifs is 18. The molecule has 0 saturated heterocycles. The molecule has 0 amide bonds. The zero-order chi connectivity index (χ0) is 50.7. The molecular formula is C72H40N2O4. The Kier molecular flexibility index (Phi) is 8.30. The van der Waals surface area contributed by atoms with Crippen LogP contribution in [0.5, 0.6) is 0 Å². The number of hydrogen-bond donors (Lipinski definition) is 0. The van der Waals surface area contributed by atoms with Crippen LogP contribution < -0.4 is 0 Å². The summed E-state index contributed by atoms with van der Waals surface area (Å²) in [4.78, 5) is 0. The smallest absolute Gasteiger partial charge is 0.143 e. The van der Waals surface area contributed by atoms with E-state index in [0.29, 0.717) is 0 Å². The fraction of sp³-hybridized carbons (Fsp3) is 0. The molecular weight excluding hydrogens is 957 g/mol. The minimum atomic E-state index is 0.871. The second-order valence-electron chi connectivity index (χ2n) is 20.7. The summed E-state index contributed by atoms with van der Waals surface area (Å²) in [5, 5.41) is 13.4. The van der Waals surface area contributed by atoms with Crippen molar-refractivity contribution in [3.05, 3.63) is 243 Å². The van der Waals surface area contributed by atoms with Gasteiger partial charge in [-0.3, -0.25) is 0 Å². The minimum Gasteiger partial charge on any atom is -0.456 e. The number of nitrogens with zero attached hydrogens (tertiary/aromatic N) is 2. The minimum absolute atomic E-state index is 0.871. The van der Waals surface area contributed by atoms with Crippen LogP contribution in [0.3, 0.4) is 0 Å². The van der Waals surface area contributed by atoms with E-state index in [9.17, 15) is 0 Å². The predicted molar refractivity (Wildman–Crippen MR) is 321 cm³/mol. The lowest BCUT2D eigenvalue weighted by Gasteiger charge is -2.10. The average Bonchev–Trinajstić information content (AvgIpc) is 4.43. The Hall–Kier alpha value is -10.6. The lowest BCUT2D eigenvalue weighted by Crippen LogP contribution is -1.94. The maximum absolute atomic E-state index is 6.62. The van der Waals surface area contributed by atoms with E-state index in [1.807, 2.05) is 36.4 Å². The zero-order valence-corrected chi connectivity index (χ0v) is 41.6. The molecule has 6 heterocycles. The van der Waals surface area contributed by atoms with Crippen LogP contribution in [0.15, 0.2) is 260 Å². The predicted octanol–water partition coefficient (Wildman–Crippen LogP) is 20.5. The number of aromatic nitrogens is 2. The molecule has 0 unspecified atom stereocenters. The van der Waals surface area contributed by atoms with E-state index >= 15 is 0 Å². The van der Waals surface area contributed by atoms with Gasteiger partial charge in [0.05, 0.1) is 22.1 Å². The van der Waals surface area contributed by atoms with Gasteiger partial charge in [-0.2, -0.15) is 0 Å². The van der Waals surface area contributed by atoms with Crippen LogP contribution in [0, 0.1) is 0 Å². The first-order valence-electron chi connectivity index (χ1n) is 26.5. The number of benzene rings is 12. The van der Waals surface area contributed by atoms with Crippen LogP contribution in [0.2, 0.25) is 0 Å². The van der Waals surface area contributed by atoms with E-state index in [-0.39, 0.29) is 0 Å². The van der Waals surface area contributed by atoms with Crippen LogP contribution in [-0.2, 0) is 0 Å². The van der Waals surface area contributed by atoms with Gasteiger partial charge in [-0.15, -0.1) is 0 Å². The van der Waals surface area contributed by atoms with Crippen LogP contribution in [0.25, 0.3) is 176 Å². The van der Waals surface area contributed by atoms with Gasteiger partial charge in [0.1, 0.15) is 44.7 Å². The molecule has 0 aliphatic heterocycles. The maximum atomic E-state index is 6.62. The zero-order valence-electron chi connectivity index (χ0n) is 41.6. The topological polar surface area (TPSA) is 62.4 Å². The van der Waals surface area contributed by atoms with Crippen LogP contribution in [-0.4, -0.2) is 9.13 Å². The van der Waals surface area contributed by atoms with E-state index in [1.165, 1.54) is 0 Å². The first-order chi connectivity index (χ1) is 38.6. The summed E-state index contributed by atoms with van der Waals surface area (Å²) in [6, 6.07) is 86.9. The van der Waals surface area contributed by atoms with Gasteiger partial charge in [0.25, 0.3) is 0 Å². The fourth-order valence-electron chi connectivity index (χ4n) is 13.0. The first-order valence-corrected chi connectivity index (χ1v) is 26.5. The molecule has 0 atom stereocenters. The summed E-state index contributed by atoms with van der Waals surface area (Å²) in [5.74, 6) is 0. The van der Waals surface area contributed by atoms with Gasteiger partial charge in [0, 0.05) is 87.1 Å². The summed E-state index contributed by atoms with van der Waals surface area (Å²) < 4.78 is 30.7. The molecule has 18 rings (SSSR count). The first kappa shape index (κ1) is 41.8. The highest BCUT2D eigenvalue weighted by Gasteiger charge is 2.22. The molecule has 0 aliphatic carbocycles. The second kappa shape index (κ2) is 15.5. The Balaban J connectivity index is 0.865. The number of rotatable bonds is 5. The van der Waals surface area contributed by atoms with E-state index in [4.69, 9.17) is 17.7 Å². The van der Waals surface area contributed by atoms with Crippen molar-refractivity contribution in [1.82, 2.24) is 9.13 Å². The highest BCUT2D eigenvalue weighted by Crippen LogP contribution is 2.45. The quantitative estimate of drug-likeness (QED) is 0.172. The van der Waals surface area contributed by atoms with Gasteiger partial charge in [-0.1, -0.05) is 133 Å². The molecule has 6 aromatic heterocycles. The largest absolute Gasteiger partial charge is 0.456 e. The molecule has 0 radical (unpaired) electrons. The summed E-state index contributed by atoms with van der Waals surface area (Å²) in [6.45, 7) is 0. The molecule has 362 valence electrons. The van der Waals surface area contributed by atoms with Crippen molar-refractivity contribution >= 4 is 131 Å². The Morgan fingerprint density at radius 1 is 0.205 bits per heavy atom. The monoisotopic (exact) mass is 996 g/mol. The third kappa shape index (κ3) is 5.85.